The number of hydrogen-bond acceptors (Lipinski definition) is 3. The maximum atomic E-state index is 11.4. The molecule has 0 heterocycles. The molecular weight excluding hydrogens is 194 g/mol. The molecular formula is C10H17N3O2. The molecule has 0 saturated heterocycles. The molecule has 0 rings (SSSR count). The first-order chi connectivity index (χ1) is 6.99. The fourth-order valence-electron chi connectivity index (χ4n) is 1.09. The van der Waals surface area contributed by atoms with E-state index in [1.54, 1.807) is 0 Å². The number of nitriles is 1. The van der Waals surface area contributed by atoms with Crippen molar-refractivity contribution in [2.24, 2.45) is 17.6 Å². The largest absolute Gasteiger partial charge is 0.370 e. The number of carbonyl (C=O) groups excluding carboxylic acids is 2. The normalized spacial score (nSPS) is 11.9. The van der Waals surface area contributed by atoms with E-state index in [-0.39, 0.29) is 24.2 Å². The van der Waals surface area contributed by atoms with Gasteiger partial charge in [0.25, 0.3) is 0 Å². The molecule has 0 radical (unpaired) electrons. The molecule has 0 aromatic rings. The number of carbonyl (C=O) groups is 2. The van der Waals surface area contributed by atoms with Gasteiger partial charge in [0.2, 0.25) is 11.8 Å². The molecule has 0 aromatic carbocycles. The second-order valence-corrected chi connectivity index (χ2v) is 3.71. The lowest BCUT2D eigenvalue weighted by Crippen LogP contribution is -2.33. The Balaban J connectivity index is 3.83. The molecule has 5 nitrogen and oxygen atoms in total. The van der Waals surface area contributed by atoms with E-state index in [4.69, 9.17) is 11.0 Å². The molecule has 5 heteroatoms. The Kier molecular flexibility index (Phi) is 6.11. The minimum atomic E-state index is -0.626. The second kappa shape index (κ2) is 6.82. The molecule has 3 N–H and O–H groups in total. The van der Waals surface area contributed by atoms with E-state index < -0.39 is 5.92 Å². The summed E-state index contributed by atoms with van der Waals surface area (Å²) in [4.78, 5) is 21.8. The third-order valence-electron chi connectivity index (χ3n) is 1.99. The summed E-state index contributed by atoms with van der Waals surface area (Å²) in [5.41, 5.74) is 4.94. The minimum absolute atomic E-state index is 0.00820. The fraction of sp³-hybridized carbons (Fsp3) is 0.700. The number of rotatable bonds is 6. The Bertz CT molecular complexity index is 268. The fourth-order valence-corrected chi connectivity index (χ4v) is 1.09. The summed E-state index contributed by atoms with van der Waals surface area (Å²) in [7, 11) is 0. The summed E-state index contributed by atoms with van der Waals surface area (Å²) >= 11 is 0. The standard InChI is InChI=1S/C10H17N3O2/c1-7(2)8(6-11)10(15)13-5-3-4-9(12)14/h7-8H,3-5H2,1-2H3,(H2,12,14)(H,13,15). The van der Waals surface area contributed by atoms with Crippen LogP contribution < -0.4 is 11.1 Å². The van der Waals surface area contributed by atoms with Crippen molar-refractivity contribution in [3.8, 4) is 6.07 Å². The van der Waals surface area contributed by atoms with Crippen LogP contribution in [-0.4, -0.2) is 18.4 Å². The van der Waals surface area contributed by atoms with Crippen molar-refractivity contribution in [1.29, 1.82) is 5.26 Å². The van der Waals surface area contributed by atoms with E-state index in [0.29, 0.717) is 13.0 Å². The molecule has 0 aromatic heterocycles. The van der Waals surface area contributed by atoms with Crippen LogP contribution in [0.4, 0.5) is 0 Å². The quantitative estimate of drug-likeness (QED) is 0.613. The van der Waals surface area contributed by atoms with E-state index in [9.17, 15) is 9.59 Å². The Morgan fingerprint density at radius 1 is 1.47 bits per heavy atom. The van der Waals surface area contributed by atoms with E-state index in [2.05, 4.69) is 5.32 Å². The molecule has 84 valence electrons. The second-order valence-electron chi connectivity index (χ2n) is 3.71. The van der Waals surface area contributed by atoms with Crippen molar-refractivity contribution >= 4 is 11.8 Å². The van der Waals surface area contributed by atoms with E-state index in [0.717, 1.165) is 0 Å². The topological polar surface area (TPSA) is 96.0 Å². The molecule has 2 amide bonds. The lowest BCUT2D eigenvalue weighted by atomic mass is 9.97. The van der Waals surface area contributed by atoms with Crippen molar-refractivity contribution in [3.63, 3.8) is 0 Å². The van der Waals surface area contributed by atoms with E-state index in [1.165, 1.54) is 0 Å². The third kappa shape index (κ3) is 5.68. The maximum absolute atomic E-state index is 11.4. The zero-order chi connectivity index (χ0) is 11.8. The van der Waals surface area contributed by atoms with Crippen molar-refractivity contribution in [2.75, 3.05) is 6.54 Å². The summed E-state index contributed by atoms with van der Waals surface area (Å²) in [6.07, 6.45) is 0.760. The van der Waals surface area contributed by atoms with Gasteiger partial charge in [0.05, 0.1) is 6.07 Å². The SMILES string of the molecule is CC(C)C(C#N)C(=O)NCCCC(N)=O. The maximum Gasteiger partial charge on any atom is 0.237 e. The van der Waals surface area contributed by atoms with E-state index >= 15 is 0 Å². The summed E-state index contributed by atoms with van der Waals surface area (Å²) in [5.74, 6) is -1.30. The monoisotopic (exact) mass is 211 g/mol. The number of hydrogen-bond donors (Lipinski definition) is 2. The van der Waals surface area contributed by atoms with Gasteiger partial charge in [0.15, 0.2) is 0 Å². The van der Waals surface area contributed by atoms with Crippen molar-refractivity contribution in [2.45, 2.75) is 26.7 Å². The lowest BCUT2D eigenvalue weighted by Gasteiger charge is -2.12. The average molecular weight is 211 g/mol. The molecule has 0 spiro atoms. The highest BCUT2D eigenvalue weighted by molar-refractivity contribution is 5.81. The van der Waals surface area contributed by atoms with Gasteiger partial charge in [0.1, 0.15) is 5.92 Å². The molecule has 0 aliphatic heterocycles. The summed E-state index contributed by atoms with van der Waals surface area (Å²) < 4.78 is 0. The van der Waals surface area contributed by atoms with Crippen molar-refractivity contribution in [1.82, 2.24) is 5.32 Å². The summed E-state index contributed by atoms with van der Waals surface area (Å²) in [6.45, 7) is 4.01. The molecule has 1 atom stereocenters. The molecule has 1 unspecified atom stereocenters. The predicted molar refractivity (Wildman–Crippen MR) is 55.4 cm³/mol. The molecule has 0 aliphatic rings. The zero-order valence-corrected chi connectivity index (χ0v) is 9.12. The van der Waals surface area contributed by atoms with Gasteiger partial charge in [0, 0.05) is 13.0 Å². The van der Waals surface area contributed by atoms with Gasteiger partial charge in [-0.25, -0.2) is 0 Å². The highest BCUT2D eigenvalue weighted by Gasteiger charge is 2.20. The zero-order valence-electron chi connectivity index (χ0n) is 9.12. The Morgan fingerprint density at radius 3 is 2.47 bits per heavy atom. The first-order valence-electron chi connectivity index (χ1n) is 4.94. The third-order valence-corrected chi connectivity index (χ3v) is 1.99. The first-order valence-corrected chi connectivity index (χ1v) is 4.94. The molecule has 0 aliphatic carbocycles. The highest BCUT2D eigenvalue weighted by atomic mass is 16.2. The number of nitrogens with zero attached hydrogens (tertiary/aromatic N) is 1. The molecule has 0 saturated carbocycles. The van der Waals surface area contributed by atoms with E-state index in [1.807, 2.05) is 19.9 Å². The Hall–Kier alpha value is -1.57. The van der Waals surface area contributed by atoms with Crippen molar-refractivity contribution < 1.29 is 9.59 Å². The number of amides is 2. The Morgan fingerprint density at radius 2 is 2.07 bits per heavy atom. The van der Waals surface area contributed by atoms with Gasteiger partial charge in [-0.05, 0) is 12.3 Å². The van der Waals surface area contributed by atoms with Crippen LogP contribution in [0.5, 0.6) is 0 Å². The average Bonchev–Trinajstić information content (AvgIpc) is 2.12. The predicted octanol–water partition coefficient (Wildman–Crippen LogP) is 0.164. The summed E-state index contributed by atoms with van der Waals surface area (Å²) in [6, 6.07) is 1.95. The van der Waals surface area contributed by atoms with Crippen LogP contribution in [0, 0.1) is 23.2 Å². The lowest BCUT2D eigenvalue weighted by molar-refractivity contribution is -0.124. The smallest absolute Gasteiger partial charge is 0.237 e. The number of primary amides is 1. The van der Waals surface area contributed by atoms with Crippen molar-refractivity contribution in [3.05, 3.63) is 0 Å². The van der Waals surface area contributed by atoms with Crippen LogP contribution in [0.25, 0.3) is 0 Å². The van der Waals surface area contributed by atoms with Gasteiger partial charge in [-0.2, -0.15) is 5.26 Å². The van der Waals surface area contributed by atoms with Crippen LogP contribution >= 0.6 is 0 Å². The highest BCUT2D eigenvalue weighted by Crippen LogP contribution is 2.09. The van der Waals surface area contributed by atoms with Gasteiger partial charge in [-0.15, -0.1) is 0 Å². The Labute approximate surface area is 89.6 Å². The van der Waals surface area contributed by atoms with Crippen LogP contribution in [0.2, 0.25) is 0 Å². The van der Waals surface area contributed by atoms with Gasteiger partial charge in [-0.3, -0.25) is 9.59 Å². The van der Waals surface area contributed by atoms with Crippen LogP contribution in [0.3, 0.4) is 0 Å². The molecule has 0 fully saturated rings. The van der Waals surface area contributed by atoms with Gasteiger partial charge < -0.3 is 11.1 Å². The van der Waals surface area contributed by atoms with Gasteiger partial charge >= 0.3 is 0 Å². The molecule has 0 bridgehead atoms. The first kappa shape index (κ1) is 13.4. The number of nitrogens with two attached hydrogens (primary N) is 1. The molecule has 15 heavy (non-hydrogen) atoms. The van der Waals surface area contributed by atoms with Gasteiger partial charge in [-0.1, -0.05) is 13.8 Å². The van der Waals surface area contributed by atoms with Crippen LogP contribution in [0.15, 0.2) is 0 Å². The summed E-state index contributed by atoms with van der Waals surface area (Å²) in [5, 5.41) is 11.3. The number of nitrogens with one attached hydrogen (secondary N) is 1. The van der Waals surface area contributed by atoms with Crippen LogP contribution in [-0.2, 0) is 9.59 Å². The minimum Gasteiger partial charge on any atom is -0.370 e. The van der Waals surface area contributed by atoms with Crippen LogP contribution in [0.1, 0.15) is 26.7 Å².